The zero-order valence-electron chi connectivity index (χ0n) is 18.0. The van der Waals surface area contributed by atoms with Crippen molar-refractivity contribution in [1.82, 2.24) is 19.2 Å². The highest BCUT2D eigenvalue weighted by molar-refractivity contribution is 7.89. The summed E-state index contributed by atoms with van der Waals surface area (Å²) in [5.41, 5.74) is 4.24. The molecule has 0 unspecified atom stereocenters. The molecule has 1 aliphatic rings. The van der Waals surface area contributed by atoms with Crippen molar-refractivity contribution >= 4 is 27.0 Å². The van der Waals surface area contributed by atoms with E-state index in [2.05, 4.69) is 10.3 Å². The van der Waals surface area contributed by atoms with Gasteiger partial charge < -0.3 is 5.32 Å². The number of imidazole rings is 1. The Hall–Kier alpha value is -3.49. The normalized spacial score (nSPS) is 14.5. The molecular weight excluding hydrogens is 436 g/mol. The number of nitrogens with one attached hydrogen (secondary N) is 1. The Labute approximate surface area is 192 Å². The minimum Gasteiger partial charge on any atom is -0.348 e. The van der Waals surface area contributed by atoms with Crippen LogP contribution in [0.2, 0.25) is 0 Å². The number of benzene rings is 3. The van der Waals surface area contributed by atoms with Gasteiger partial charge in [-0.1, -0.05) is 24.3 Å². The summed E-state index contributed by atoms with van der Waals surface area (Å²) < 4.78 is 28.8. The fourth-order valence-corrected chi connectivity index (χ4v) is 5.60. The zero-order valence-corrected chi connectivity index (χ0v) is 18.8. The fraction of sp³-hybridized carbons (Fsp3) is 0.200. The molecule has 168 valence electrons. The fourth-order valence-electron chi connectivity index (χ4n) is 4.08. The van der Waals surface area contributed by atoms with Gasteiger partial charge in [-0.15, -0.1) is 0 Å². The number of sulfonamides is 1. The molecule has 1 aromatic heterocycles. The van der Waals surface area contributed by atoms with Crippen LogP contribution in [0.15, 0.2) is 84.0 Å². The molecular formula is C25H24N4O3S. The lowest BCUT2D eigenvalue weighted by Gasteiger charge is -2.15. The molecule has 8 heteroatoms. The van der Waals surface area contributed by atoms with Crippen molar-refractivity contribution in [3.63, 3.8) is 0 Å². The van der Waals surface area contributed by atoms with Gasteiger partial charge in [0, 0.05) is 30.9 Å². The Balaban J connectivity index is 1.23. The minimum absolute atomic E-state index is 0.189. The summed E-state index contributed by atoms with van der Waals surface area (Å²) in [6.45, 7) is 1.47. The topological polar surface area (TPSA) is 84.3 Å². The summed E-state index contributed by atoms with van der Waals surface area (Å²) in [5.74, 6) is -0.189. The molecule has 0 radical (unpaired) electrons. The van der Waals surface area contributed by atoms with Crippen molar-refractivity contribution < 1.29 is 13.2 Å². The van der Waals surface area contributed by atoms with Gasteiger partial charge in [-0.05, 0) is 66.9 Å². The number of hydrogen-bond acceptors (Lipinski definition) is 4. The third-order valence-electron chi connectivity index (χ3n) is 5.94. The third kappa shape index (κ3) is 4.27. The summed E-state index contributed by atoms with van der Waals surface area (Å²) in [6.07, 6.45) is 3.58. The van der Waals surface area contributed by atoms with E-state index >= 15 is 0 Å². The first-order valence-corrected chi connectivity index (χ1v) is 12.4. The summed E-state index contributed by atoms with van der Waals surface area (Å²) in [4.78, 5) is 17.3. The second-order valence-electron chi connectivity index (χ2n) is 8.09. The standard InChI is InChI=1S/C25H24N4O3S/c30-25(20-9-11-21(12-10-20)29-18-27-23-5-1-2-6-24(23)29)26-17-19-7-13-22(14-8-19)33(31,32)28-15-3-4-16-28/h1-2,5-14,18H,3-4,15-17H2,(H,26,30). The van der Waals surface area contributed by atoms with Crippen LogP contribution in [0.3, 0.4) is 0 Å². The molecule has 1 fully saturated rings. The van der Waals surface area contributed by atoms with E-state index in [1.807, 2.05) is 41.0 Å². The summed E-state index contributed by atoms with van der Waals surface area (Å²) in [7, 11) is -3.43. The smallest absolute Gasteiger partial charge is 0.251 e. The second-order valence-corrected chi connectivity index (χ2v) is 10.0. The van der Waals surface area contributed by atoms with Gasteiger partial charge in [-0.25, -0.2) is 13.4 Å². The number of hydrogen-bond donors (Lipinski definition) is 1. The van der Waals surface area contributed by atoms with Crippen LogP contribution in [-0.2, 0) is 16.6 Å². The van der Waals surface area contributed by atoms with Crippen molar-refractivity contribution in [3.05, 3.63) is 90.3 Å². The molecule has 0 atom stereocenters. The number of rotatable bonds is 6. The van der Waals surface area contributed by atoms with Gasteiger partial charge in [-0.3, -0.25) is 9.36 Å². The highest BCUT2D eigenvalue weighted by Crippen LogP contribution is 2.21. The molecule has 0 aliphatic carbocycles. The van der Waals surface area contributed by atoms with Crippen molar-refractivity contribution in [2.75, 3.05) is 13.1 Å². The van der Waals surface area contributed by atoms with E-state index < -0.39 is 10.0 Å². The summed E-state index contributed by atoms with van der Waals surface area (Å²) in [5, 5.41) is 2.89. The molecule has 1 saturated heterocycles. The first-order valence-electron chi connectivity index (χ1n) is 10.9. The van der Waals surface area contributed by atoms with Crippen LogP contribution in [0.4, 0.5) is 0 Å². The SMILES string of the molecule is O=C(NCc1ccc(S(=O)(=O)N2CCCC2)cc1)c1ccc(-n2cnc3ccccc32)cc1. The zero-order chi connectivity index (χ0) is 22.8. The molecule has 1 amide bonds. The van der Waals surface area contributed by atoms with Crippen LogP contribution in [-0.4, -0.2) is 41.3 Å². The highest BCUT2D eigenvalue weighted by atomic mass is 32.2. The molecule has 0 spiro atoms. The van der Waals surface area contributed by atoms with E-state index in [1.54, 1.807) is 42.7 Å². The van der Waals surface area contributed by atoms with Crippen molar-refractivity contribution in [3.8, 4) is 5.69 Å². The molecule has 1 N–H and O–H groups in total. The Morgan fingerprint density at radius 3 is 2.33 bits per heavy atom. The molecule has 7 nitrogen and oxygen atoms in total. The Bertz CT molecular complexity index is 1390. The number of aromatic nitrogens is 2. The molecule has 3 aromatic carbocycles. The van der Waals surface area contributed by atoms with Crippen LogP contribution in [0.25, 0.3) is 16.7 Å². The van der Waals surface area contributed by atoms with Crippen LogP contribution in [0.5, 0.6) is 0 Å². The Morgan fingerprint density at radius 2 is 1.61 bits per heavy atom. The van der Waals surface area contributed by atoms with Crippen molar-refractivity contribution in [2.45, 2.75) is 24.3 Å². The molecule has 1 aliphatic heterocycles. The third-order valence-corrected chi connectivity index (χ3v) is 7.85. The molecule has 33 heavy (non-hydrogen) atoms. The number of carbonyl (C=O) groups is 1. The van der Waals surface area contributed by atoms with Crippen LogP contribution >= 0.6 is 0 Å². The number of carbonyl (C=O) groups excluding carboxylic acids is 1. The summed E-state index contributed by atoms with van der Waals surface area (Å²) >= 11 is 0. The van der Waals surface area contributed by atoms with Crippen LogP contribution in [0.1, 0.15) is 28.8 Å². The maximum absolute atomic E-state index is 12.6. The Kier molecular flexibility index (Phi) is 5.70. The van der Waals surface area contributed by atoms with Gasteiger partial charge in [0.05, 0.1) is 15.9 Å². The van der Waals surface area contributed by atoms with E-state index in [1.165, 1.54) is 4.31 Å². The molecule has 5 rings (SSSR count). The minimum atomic E-state index is -3.43. The van der Waals surface area contributed by atoms with E-state index in [9.17, 15) is 13.2 Å². The van der Waals surface area contributed by atoms with E-state index in [4.69, 9.17) is 0 Å². The first-order chi connectivity index (χ1) is 16.0. The molecule has 0 saturated carbocycles. The number of para-hydroxylation sites is 2. The van der Waals surface area contributed by atoms with Crippen molar-refractivity contribution in [2.24, 2.45) is 0 Å². The molecule has 2 heterocycles. The molecule has 0 bridgehead atoms. The first kappa shape index (κ1) is 21.4. The number of fused-ring (bicyclic) bond motifs is 1. The number of nitrogens with zero attached hydrogens (tertiary/aromatic N) is 3. The van der Waals surface area contributed by atoms with Gasteiger partial charge in [-0.2, -0.15) is 4.31 Å². The quantitative estimate of drug-likeness (QED) is 0.475. The maximum atomic E-state index is 12.6. The van der Waals surface area contributed by atoms with Crippen molar-refractivity contribution in [1.29, 1.82) is 0 Å². The van der Waals surface area contributed by atoms with Crippen LogP contribution in [0, 0.1) is 0 Å². The monoisotopic (exact) mass is 460 g/mol. The predicted octanol–water partition coefficient (Wildman–Crippen LogP) is 3.74. The summed E-state index contributed by atoms with van der Waals surface area (Å²) in [6, 6.07) is 21.9. The second kappa shape index (κ2) is 8.80. The highest BCUT2D eigenvalue weighted by Gasteiger charge is 2.26. The van der Waals surface area contributed by atoms with E-state index in [0.29, 0.717) is 30.1 Å². The average molecular weight is 461 g/mol. The van der Waals surface area contributed by atoms with Gasteiger partial charge in [0.15, 0.2) is 0 Å². The lowest BCUT2D eigenvalue weighted by atomic mass is 10.1. The maximum Gasteiger partial charge on any atom is 0.251 e. The lowest BCUT2D eigenvalue weighted by Crippen LogP contribution is -2.28. The Morgan fingerprint density at radius 1 is 0.909 bits per heavy atom. The molecule has 4 aromatic rings. The van der Waals surface area contributed by atoms with Gasteiger partial charge in [0.25, 0.3) is 5.91 Å². The van der Waals surface area contributed by atoms with E-state index in [-0.39, 0.29) is 5.91 Å². The van der Waals surface area contributed by atoms with Gasteiger partial charge in [0.2, 0.25) is 10.0 Å². The van der Waals surface area contributed by atoms with Gasteiger partial charge >= 0.3 is 0 Å². The number of amides is 1. The predicted molar refractivity (Wildman–Crippen MR) is 127 cm³/mol. The van der Waals surface area contributed by atoms with Crippen LogP contribution < -0.4 is 5.32 Å². The van der Waals surface area contributed by atoms with Gasteiger partial charge in [0.1, 0.15) is 6.33 Å². The van der Waals surface area contributed by atoms with E-state index in [0.717, 1.165) is 35.1 Å². The lowest BCUT2D eigenvalue weighted by molar-refractivity contribution is 0.0951. The average Bonchev–Trinajstić information content (AvgIpc) is 3.54. The largest absolute Gasteiger partial charge is 0.348 e.